The lowest BCUT2D eigenvalue weighted by Crippen LogP contribution is -2.23. The largest absolute Gasteiger partial charge is 0.476 e. The molecule has 0 saturated heterocycles. The van der Waals surface area contributed by atoms with Gasteiger partial charge in [0.25, 0.3) is 0 Å². The van der Waals surface area contributed by atoms with E-state index in [0.29, 0.717) is 12.5 Å². The molecule has 1 atom stereocenters. The molecule has 1 aliphatic rings. The van der Waals surface area contributed by atoms with Crippen LogP contribution in [0, 0.1) is 12.8 Å². The summed E-state index contributed by atoms with van der Waals surface area (Å²) in [5.41, 5.74) is 4.34. The third-order valence-corrected chi connectivity index (χ3v) is 4.17. The summed E-state index contributed by atoms with van der Waals surface area (Å²) < 4.78 is 9.62. The Morgan fingerprint density at radius 2 is 2.21 bits per heavy atom. The van der Waals surface area contributed by atoms with E-state index in [1.165, 1.54) is 5.56 Å². The minimum Gasteiger partial charge on any atom is -0.476 e. The van der Waals surface area contributed by atoms with E-state index in [4.69, 9.17) is 4.74 Å². The van der Waals surface area contributed by atoms with Crippen LogP contribution in [0.3, 0.4) is 0 Å². The third-order valence-electron chi connectivity index (χ3n) is 4.17. The number of aryl methyl sites for hydroxylation is 1. The van der Waals surface area contributed by atoms with Gasteiger partial charge in [-0.15, -0.1) is 0 Å². The monoisotopic (exact) mass is 323 g/mol. The first-order chi connectivity index (χ1) is 11.7. The molecule has 1 aromatic carbocycles. The van der Waals surface area contributed by atoms with Gasteiger partial charge in [-0.05, 0) is 24.6 Å². The number of aromatic nitrogens is 4. The Morgan fingerprint density at radius 1 is 1.29 bits per heavy atom. The Hall–Kier alpha value is -2.76. The molecule has 124 valence electrons. The number of hydrogen-bond acceptors (Lipinski definition) is 4. The number of anilines is 1. The second kappa shape index (κ2) is 6.03. The maximum atomic E-state index is 5.80. The van der Waals surface area contributed by atoms with E-state index >= 15 is 0 Å². The van der Waals surface area contributed by atoms with E-state index in [1.807, 2.05) is 34.0 Å². The molecular formula is C18H21N5O. The fourth-order valence-corrected chi connectivity index (χ4v) is 2.91. The van der Waals surface area contributed by atoms with Crippen molar-refractivity contribution >= 4 is 5.69 Å². The number of ether oxygens (including phenoxy) is 1. The smallest absolute Gasteiger partial charge is 0.235 e. The van der Waals surface area contributed by atoms with Crippen LogP contribution in [-0.4, -0.2) is 26.2 Å². The molecule has 0 fully saturated rings. The normalized spacial score (nSPS) is 16.5. The Balaban J connectivity index is 1.46. The molecule has 2 aromatic heterocycles. The van der Waals surface area contributed by atoms with Crippen molar-refractivity contribution in [3.05, 3.63) is 54.0 Å². The summed E-state index contributed by atoms with van der Waals surface area (Å²) in [4.78, 5) is 0. The van der Waals surface area contributed by atoms with Gasteiger partial charge >= 0.3 is 0 Å². The molecular weight excluding hydrogens is 302 g/mol. The van der Waals surface area contributed by atoms with Gasteiger partial charge in [-0.25, -0.2) is 9.36 Å². The number of nitrogens with zero attached hydrogens (tertiary/aromatic N) is 4. The van der Waals surface area contributed by atoms with Gasteiger partial charge in [0.05, 0.1) is 31.2 Å². The Kier molecular flexibility index (Phi) is 3.72. The summed E-state index contributed by atoms with van der Waals surface area (Å²) in [6.07, 6.45) is 5.76. The van der Waals surface area contributed by atoms with Crippen molar-refractivity contribution in [1.82, 2.24) is 19.6 Å². The average Bonchev–Trinajstić information content (AvgIpc) is 3.19. The van der Waals surface area contributed by atoms with Crippen LogP contribution >= 0.6 is 0 Å². The van der Waals surface area contributed by atoms with Gasteiger partial charge in [0.15, 0.2) is 0 Å². The van der Waals surface area contributed by atoms with Crippen LogP contribution < -0.4 is 10.1 Å². The lowest BCUT2D eigenvalue weighted by molar-refractivity contribution is 0.176. The van der Waals surface area contributed by atoms with Crippen LogP contribution in [0.1, 0.15) is 18.1 Å². The highest BCUT2D eigenvalue weighted by atomic mass is 16.5. The second-order valence-corrected chi connectivity index (χ2v) is 6.45. The van der Waals surface area contributed by atoms with Gasteiger partial charge in [0.1, 0.15) is 5.69 Å². The molecule has 0 amide bonds. The van der Waals surface area contributed by atoms with Gasteiger partial charge < -0.3 is 10.1 Å². The number of hydrogen-bond donors (Lipinski definition) is 1. The van der Waals surface area contributed by atoms with Crippen molar-refractivity contribution in [3.63, 3.8) is 0 Å². The second-order valence-electron chi connectivity index (χ2n) is 6.45. The maximum Gasteiger partial charge on any atom is 0.235 e. The van der Waals surface area contributed by atoms with E-state index in [9.17, 15) is 0 Å². The predicted octanol–water partition coefficient (Wildman–Crippen LogP) is 3.02. The first kappa shape index (κ1) is 14.8. The van der Waals surface area contributed by atoms with Crippen LogP contribution in [0.4, 0.5) is 5.69 Å². The molecule has 3 heterocycles. The molecule has 24 heavy (non-hydrogen) atoms. The molecule has 6 nitrogen and oxygen atoms in total. The first-order valence-electron chi connectivity index (χ1n) is 8.22. The Morgan fingerprint density at radius 3 is 3.08 bits per heavy atom. The minimum absolute atomic E-state index is 0.498. The number of benzene rings is 1. The molecule has 0 bridgehead atoms. The van der Waals surface area contributed by atoms with Crippen molar-refractivity contribution in [2.24, 2.45) is 5.92 Å². The quantitative estimate of drug-likeness (QED) is 0.802. The molecule has 0 saturated carbocycles. The molecule has 0 spiro atoms. The molecule has 3 aromatic rings. The minimum atomic E-state index is 0.498. The van der Waals surface area contributed by atoms with Crippen LogP contribution in [-0.2, 0) is 13.1 Å². The maximum absolute atomic E-state index is 5.80. The highest BCUT2D eigenvalue weighted by Crippen LogP contribution is 2.29. The zero-order chi connectivity index (χ0) is 16.5. The summed E-state index contributed by atoms with van der Waals surface area (Å²) in [7, 11) is 0. The van der Waals surface area contributed by atoms with Crippen molar-refractivity contribution in [2.45, 2.75) is 26.9 Å². The van der Waals surface area contributed by atoms with Gasteiger partial charge in [0.2, 0.25) is 5.88 Å². The average molecular weight is 323 g/mol. The van der Waals surface area contributed by atoms with Gasteiger partial charge in [0, 0.05) is 24.2 Å². The number of nitrogens with one attached hydrogen (secondary N) is 1. The molecule has 1 N–H and O–H groups in total. The molecule has 1 unspecified atom stereocenters. The lowest BCUT2D eigenvalue weighted by Gasteiger charge is -2.21. The topological polar surface area (TPSA) is 56.9 Å². The van der Waals surface area contributed by atoms with Crippen molar-refractivity contribution in [2.75, 3.05) is 11.9 Å². The van der Waals surface area contributed by atoms with Crippen molar-refractivity contribution < 1.29 is 4.74 Å². The van der Waals surface area contributed by atoms with Crippen LogP contribution in [0.2, 0.25) is 0 Å². The molecule has 6 heteroatoms. The Labute approximate surface area is 141 Å². The summed E-state index contributed by atoms with van der Waals surface area (Å²) in [5.74, 6) is 1.33. The molecule has 0 aliphatic carbocycles. The summed E-state index contributed by atoms with van der Waals surface area (Å²) in [5, 5.41) is 12.2. The van der Waals surface area contributed by atoms with Crippen molar-refractivity contribution in [1.29, 1.82) is 0 Å². The lowest BCUT2D eigenvalue weighted by atomic mass is 10.2. The highest BCUT2D eigenvalue weighted by Gasteiger charge is 2.20. The molecule has 1 aliphatic heterocycles. The Bertz CT molecular complexity index is 851. The van der Waals surface area contributed by atoms with Crippen LogP contribution in [0.15, 0.2) is 42.9 Å². The van der Waals surface area contributed by atoms with E-state index in [0.717, 1.165) is 36.0 Å². The molecule has 0 radical (unpaired) electrons. The van der Waals surface area contributed by atoms with E-state index in [-0.39, 0.29) is 0 Å². The van der Waals surface area contributed by atoms with Gasteiger partial charge in [-0.3, -0.25) is 0 Å². The van der Waals surface area contributed by atoms with E-state index in [1.54, 1.807) is 0 Å². The summed E-state index contributed by atoms with van der Waals surface area (Å²) in [6, 6.07) is 8.30. The van der Waals surface area contributed by atoms with Gasteiger partial charge in [-0.1, -0.05) is 19.1 Å². The summed E-state index contributed by atoms with van der Waals surface area (Å²) in [6.45, 7) is 6.58. The first-order valence-corrected chi connectivity index (χ1v) is 8.22. The number of fused-ring (bicyclic) bond motifs is 1. The third kappa shape index (κ3) is 2.87. The number of rotatable bonds is 4. The summed E-state index contributed by atoms with van der Waals surface area (Å²) >= 11 is 0. The standard InChI is InChI=1S/C18H21N5O/c1-13-4-3-5-16(6-13)22-11-15(8-20-22)7-19-17-9-21-23-10-14(2)12-24-18(17)23/h3-6,8-9,11,14,19H,7,10,12H2,1-2H3. The molecule has 4 rings (SSSR count). The van der Waals surface area contributed by atoms with Crippen molar-refractivity contribution in [3.8, 4) is 11.6 Å². The highest BCUT2D eigenvalue weighted by molar-refractivity contribution is 5.52. The van der Waals surface area contributed by atoms with Crippen LogP contribution in [0.5, 0.6) is 5.88 Å². The van der Waals surface area contributed by atoms with Gasteiger partial charge in [-0.2, -0.15) is 10.2 Å². The van der Waals surface area contributed by atoms with Crippen LogP contribution in [0.25, 0.3) is 5.69 Å². The SMILES string of the molecule is Cc1cccc(-n2cc(CNc3cnn4c3OCC(C)C4)cn2)c1. The zero-order valence-electron chi connectivity index (χ0n) is 13.9. The fourth-order valence-electron chi connectivity index (χ4n) is 2.91. The van der Waals surface area contributed by atoms with E-state index in [2.05, 4.69) is 47.6 Å². The van der Waals surface area contributed by atoms with E-state index < -0.39 is 0 Å². The fraction of sp³-hybridized carbons (Fsp3) is 0.333. The zero-order valence-corrected chi connectivity index (χ0v) is 13.9. The predicted molar refractivity (Wildman–Crippen MR) is 92.5 cm³/mol.